The normalized spacial score (nSPS) is 11.1. The van der Waals surface area contributed by atoms with Gasteiger partial charge in [-0.25, -0.2) is 9.78 Å². The van der Waals surface area contributed by atoms with E-state index >= 15 is 0 Å². The zero-order valence-electron chi connectivity index (χ0n) is 18.9. The molecular weight excluding hydrogens is 436 g/mol. The van der Waals surface area contributed by atoms with Crippen molar-refractivity contribution in [3.63, 3.8) is 0 Å². The Balaban J connectivity index is 1.44. The maximum absolute atomic E-state index is 13.6. The summed E-state index contributed by atoms with van der Waals surface area (Å²) in [5, 5.41) is 9.88. The second kappa shape index (κ2) is 8.50. The summed E-state index contributed by atoms with van der Waals surface area (Å²) < 4.78 is 5.97. The topological polar surface area (TPSA) is 69.9 Å². The highest BCUT2D eigenvalue weighted by Gasteiger charge is 2.19. The molecule has 0 aliphatic heterocycles. The average Bonchev–Trinajstić information content (AvgIpc) is 3.34. The number of carbonyl (C=O) groups is 1. The Bertz CT molecular complexity index is 1670. The number of pyridine rings is 1. The summed E-state index contributed by atoms with van der Waals surface area (Å²) in [5.41, 5.74) is 5.93. The van der Waals surface area contributed by atoms with E-state index in [1.54, 1.807) is 12.1 Å². The smallest absolute Gasteiger partial charge is 0.344 e. The molecule has 168 valence electrons. The van der Waals surface area contributed by atoms with E-state index < -0.39 is 5.97 Å². The molecule has 0 radical (unpaired) electrons. The molecule has 0 amide bonds. The van der Waals surface area contributed by atoms with Crippen molar-refractivity contribution in [3.8, 4) is 22.7 Å². The fourth-order valence-corrected chi connectivity index (χ4v) is 4.09. The van der Waals surface area contributed by atoms with Gasteiger partial charge in [-0.3, -0.25) is 0 Å². The summed E-state index contributed by atoms with van der Waals surface area (Å²) in [6, 6.07) is 32.3. The summed E-state index contributed by atoms with van der Waals surface area (Å²) in [4.78, 5) is 19.8. The predicted octanol–water partition coefficient (Wildman–Crippen LogP) is 6.16. The van der Waals surface area contributed by atoms with Gasteiger partial charge in [0.25, 0.3) is 0 Å². The number of benzene rings is 4. The first-order valence-electron chi connectivity index (χ1n) is 11.3. The highest BCUT2D eigenvalue weighted by Crippen LogP contribution is 2.29. The molecule has 2 aromatic heterocycles. The molecule has 0 saturated carbocycles. The van der Waals surface area contributed by atoms with E-state index in [2.05, 4.69) is 10.2 Å². The lowest BCUT2D eigenvalue weighted by atomic mass is 10.0. The minimum atomic E-state index is -0.470. The van der Waals surface area contributed by atoms with Gasteiger partial charge in [-0.15, -0.1) is 15.0 Å². The van der Waals surface area contributed by atoms with Gasteiger partial charge < -0.3 is 4.74 Å². The largest absolute Gasteiger partial charge is 0.421 e. The molecule has 0 aliphatic rings. The monoisotopic (exact) mass is 456 g/mol. The van der Waals surface area contributed by atoms with Crippen LogP contribution in [0.1, 0.15) is 15.9 Å². The number of para-hydroxylation sites is 1. The lowest BCUT2D eigenvalue weighted by Crippen LogP contribution is -2.12. The Kier molecular flexibility index (Phi) is 5.04. The van der Waals surface area contributed by atoms with Gasteiger partial charge in [-0.05, 0) is 48.9 Å². The fourth-order valence-electron chi connectivity index (χ4n) is 4.09. The maximum Gasteiger partial charge on any atom is 0.344 e. The van der Waals surface area contributed by atoms with Crippen LogP contribution in [0.15, 0.2) is 103 Å². The van der Waals surface area contributed by atoms with Gasteiger partial charge in [0.15, 0.2) is 5.75 Å². The zero-order chi connectivity index (χ0) is 23.8. The Morgan fingerprint density at radius 3 is 2.14 bits per heavy atom. The third kappa shape index (κ3) is 3.91. The quantitative estimate of drug-likeness (QED) is 0.235. The van der Waals surface area contributed by atoms with E-state index in [4.69, 9.17) is 9.72 Å². The number of nitrogens with zero attached hydrogens (tertiary/aromatic N) is 4. The highest BCUT2D eigenvalue weighted by atomic mass is 16.5. The molecule has 0 spiro atoms. The van der Waals surface area contributed by atoms with Crippen LogP contribution in [0.4, 0.5) is 0 Å². The highest BCUT2D eigenvalue weighted by molar-refractivity contribution is 6.05. The number of hydrogen-bond donors (Lipinski definition) is 0. The van der Waals surface area contributed by atoms with Crippen LogP contribution in [0, 0.1) is 6.92 Å². The van der Waals surface area contributed by atoms with Crippen LogP contribution in [-0.2, 0) is 0 Å². The molecule has 0 atom stereocenters. The van der Waals surface area contributed by atoms with Crippen LogP contribution in [0.5, 0.6) is 5.75 Å². The summed E-state index contributed by atoms with van der Waals surface area (Å²) in [6.45, 7) is 1.97. The predicted molar refractivity (Wildman–Crippen MR) is 136 cm³/mol. The molecule has 0 bridgehead atoms. The van der Waals surface area contributed by atoms with Gasteiger partial charge in [0.2, 0.25) is 0 Å². The van der Waals surface area contributed by atoms with Gasteiger partial charge in [-0.2, -0.15) is 0 Å². The first-order valence-corrected chi connectivity index (χ1v) is 11.3. The van der Waals surface area contributed by atoms with Crippen LogP contribution in [-0.4, -0.2) is 25.9 Å². The molecule has 0 fully saturated rings. The molecule has 6 aromatic rings. The summed E-state index contributed by atoms with van der Waals surface area (Å²) in [5.74, 6) is -0.0920. The molecule has 6 heteroatoms. The van der Waals surface area contributed by atoms with Crippen molar-refractivity contribution in [3.05, 3.63) is 114 Å². The van der Waals surface area contributed by atoms with Crippen LogP contribution in [0.25, 0.3) is 38.9 Å². The number of aromatic nitrogens is 4. The Morgan fingerprint density at radius 1 is 0.743 bits per heavy atom. The van der Waals surface area contributed by atoms with E-state index in [0.717, 1.165) is 33.1 Å². The van der Waals surface area contributed by atoms with Crippen molar-refractivity contribution in [2.45, 2.75) is 6.92 Å². The van der Waals surface area contributed by atoms with Crippen molar-refractivity contribution in [2.75, 3.05) is 0 Å². The number of hydrogen-bond acceptors (Lipinski definition) is 5. The molecule has 4 aromatic carbocycles. The van der Waals surface area contributed by atoms with Crippen LogP contribution >= 0.6 is 0 Å². The molecule has 0 aliphatic carbocycles. The average molecular weight is 457 g/mol. The van der Waals surface area contributed by atoms with Gasteiger partial charge in [-0.1, -0.05) is 66.7 Å². The number of rotatable bonds is 4. The van der Waals surface area contributed by atoms with E-state index in [1.807, 2.05) is 97.9 Å². The summed E-state index contributed by atoms with van der Waals surface area (Å²) in [6.07, 6.45) is 0. The SMILES string of the molecule is Cc1ccc(OC(=O)c2cc(-c3ccccc3)nc3ccccc23)c(-n2nc3ccccc3n2)c1. The fraction of sp³-hybridized carbons (Fsp3) is 0.0345. The van der Waals surface area contributed by atoms with Crippen molar-refractivity contribution in [2.24, 2.45) is 0 Å². The first-order chi connectivity index (χ1) is 17.2. The molecule has 2 heterocycles. The van der Waals surface area contributed by atoms with E-state index in [9.17, 15) is 4.79 Å². The number of esters is 1. The molecule has 0 unspecified atom stereocenters. The van der Waals surface area contributed by atoms with Crippen LogP contribution in [0.2, 0.25) is 0 Å². The summed E-state index contributed by atoms with van der Waals surface area (Å²) in [7, 11) is 0. The second-order valence-electron chi connectivity index (χ2n) is 8.28. The second-order valence-corrected chi connectivity index (χ2v) is 8.28. The van der Waals surface area contributed by atoms with Crippen LogP contribution in [0.3, 0.4) is 0 Å². The molecule has 0 N–H and O–H groups in total. The molecule has 35 heavy (non-hydrogen) atoms. The summed E-state index contributed by atoms with van der Waals surface area (Å²) >= 11 is 0. The minimum Gasteiger partial charge on any atom is -0.421 e. The van der Waals surface area contributed by atoms with Crippen molar-refractivity contribution < 1.29 is 9.53 Å². The molecule has 6 rings (SSSR count). The van der Waals surface area contributed by atoms with Gasteiger partial charge in [0.05, 0.1) is 16.8 Å². The lowest BCUT2D eigenvalue weighted by molar-refractivity contribution is 0.0736. The van der Waals surface area contributed by atoms with Crippen molar-refractivity contribution in [1.29, 1.82) is 0 Å². The first kappa shape index (κ1) is 20.7. The Labute approximate surface area is 201 Å². The van der Waals surface area contributed by atoms with E-state index in [0.29, 0.717) is 22.7 Å². The number of carbonyl (C=O) groups excluding carboxylic acids is 1. The zero-order valence-corrected chi connectivity index (χ0v) is 18.9. The van der Waals surface area contributed by atoms with Gasteiger partial charge in [0.1, 0.15) is 16.7 Å². The molecular formula is C29H20N4O2. The number of ether oxygens (including phenoxy) is 1. The number of aryl methyl sites for hydroxylation is 1. The molecule has 6 nitrogen and oxygen atoms in total. The maximum atomic E-state index is 13.6. The lowest BCUT2D eigenvalue weighted by Gasteiger charge is -2.12. The molecule has 0 saturated heterocycles. The van der Waals surface area contributed by atoms with Gasteiger partial charge in [0, 0.05) is 10.9 Å². The number of fused-ring (bicyclic) bond motifs is 2. The van der Waals surface area contributed by atoms with Gasteiger partial charge >= 0.3 is 5.97 Å². The van der Waals surface area contributed by atoms with E-state index in [-0.39, 0.29) is 0 Å². The van der Waals surface area contributed by atoms with Crippen molar-refractivity contribution in [1.82, 2.24) is 20.0 Å². The van der Waals surface area contributed by atoms with E-state index in [1.165, 1.54) is 4.80 Å². The standard InChI is InChI=1S/C29H20N4O2/c1-19-15-16-28(27(17-19)33-31-24-13-7-8-14-25(24)32-33)35-29(34)22-18-26(20-9-3-2-4-10-20)30-23-12-6-5-11-21(22)23/h2-18H,1H3. The Hall–Kier alpha value is -4.84. The minimum absolute atomic E-state index is 0.378. The van der Waals surface area contributed by atoms with Crippen LogP contribution < -0.4 is 4.74 Å². The third-order valence-corrected chi connectivity index (χ3v) is 5.82. The Morgan fingerprint density at radius 2 is 1.40 bits per heavy atom. The third-order valence-electron chi connectivity index (χ3n) is 5.82. The van der Waals surface area contributed by atoms with Crippen molar-refractivity contribution >= 4 is 27.9 Å².